The highest BCUT2D eigenvalue weighted by molar-refractivity contribution is 5.81. The van der Waals surface area contributed by atoms with Crippen LogP contribution in [0.15, 0.2) is 42.5 Å². The summed E-state index contributed by atoms with van der Waals surface area (Å²) >= 11 is 0. The van der Waals surface area contributed by atoms with Crippen LogP contribution in [-0.2, 0) is 16.0 Å². The van der Waals surface area contributed by atoms with E-state index >= 15 is 0 Å². The second-order valence-corrected chi connectivity index (χ2v) is 9.06. The molecule has 1 N–H and O–H groups in total. The lowest BCUT2D eigenvalue weighted by Crippen LogP contribution is -2.41. The van der Waals surface area contributed by atoms with Crippen molar-refractivity contribution >= 4 is 11.8 Å². The van der Waals surface area contributed by atoms with Crippen LogP contribution in [0.3, 0.4) is 0 Å². The average molecular weight is 455 g/mol. The largest absolute Gasteiger partial charge is 0.481 e. The molecule has 1 heterocycles. The second-order valence-electron chi connectivity index (χ2n) is 9.06. The molecule has 0 spiro atoms. The van der Waals surface area contributed by atoms with Crippen LogP contribution in [0.2, 0.25) is 0 Å². The highest BCUT2D eigenvalue weighted by Crippen LogP contribution is 2.38. The number of nitrogens with one attached hydrogen (secondary N) is 1. The van der Waals surface area contributed by atoms with Crippen LogP contribution in [0, 0.1) is 11.7 Å². The maximum absolute atomic E-state index is 13.6. The van der Waals surface area contributed by atoms with Crippen LogP contribution in [0.4, 0.5) is 4.39 Å². The third kappa shape index (κ3) is 6.12. The lowest BCUT2D eigenvalue weighted by molar-refractivity contribution is -0.134. The van der Waals surface area contributed by atoms with Gasteiger partial charge in [-0.05, 0) is 66.1 Å². The fraction of sp³-hybridized carbons (Fsp3) is 0.481. The maximum atomic E-state index is 13.6. The molecule has 33 heavy (non-hydrogen) atoms. The van der Waals surface area contributed by atoms with Crippen molar-refractivity contribution in [3.8, 4) is 5.75 Å². The van der Waals surface area contributed by atoms with E-state index in [1.54, 1.807) is 12.1 Å². The smallest absolute Gasteiger partial charge is 0.261 e. The van der Waals surface area contributed by atoms with Crippen molar-refractivity contribution in [3.63, 3.8) is 0 Å². The van der Waals surface area contributed by atoms with Gasteiger partial charge in [0.1, 0.15) is 11.6 Å². The minimum atomic E-state index is -0.582. The molecule has 6 heteroatoms. The molecular formula is C27H35FN2O3. The Labute approximate surface area is 196 Å². The van der Waals surface area contributed by atoms with Crippen molar-refractivity contribution in [1.82, 2.24) is 10.2 Å². The van der Waals surface area contributed by atoms with Gasteiger partial charge >= 0.3 is 0 Å². The van der Waals surface area contributed by atoms with Gasteiger partial charge < -0.3 is 15.0 Å². The number of hydrogen-bond acceptors (Lipinski definition) is 3. The third-order valence-corrected chi connectivity index (χ3v) is 5.93. The molecular weight excluding hydrogens is 419 g/mol. The van der Waals surface area contributed by atoms with Gasteiger partial charge in [-0.3, -0.25) is 9.59 Å². The summed E-state index contributed by atoms with van der Waals surface area (Å²) in [5.74, 6) is 0.491. The summed E-state index contributed by atoms with van der Waals surface area (Å²) in [6.45, 7) is 9.21. The molecule has 0 bridgehead atoms. The number of benzene rings is 2. The number of fused-ring (bicyclic) bond motifs is 1. The van der Waals surface area contributed by atoms with Gasteiger partial charge in [0.05, 0.1) is 6.04 Å². The Morgan fingerprint density at radius 2 is 1.88 bits per heavy atom. The Kier molecular flexibility index (Phi) is 8.48. The van der Waals surface area contributed by atoms with Crippen LogP contribution in [-0.4, -0.2) is 35.9 Å². The van der Waals surface area contributed by atoms with Gasteiger partial charge in [-0.25, -0.2) is 4.39 Å². The van der Waals surface area contributed by atoms with Gasteiger partial charge in [0.2, 0.25) is 5.91 Å². The first-order valence-corrected chi connectivity index (χ1v) is 12.0. The number of rotatable bonds is 9. The van der Waals surface area contributed by atoms with Crippen molar-refractivity contribution in [1.29, 1.82) is 0 Å². The Bertz CT molecular complexity index is 958. The van der Waals surface area contributed by atoms with Crippen molar-refractivity contribution in [3.05, 3.63) is 65.0 Å². The van der Waals surface area contributed by atoms with Crippen molar-refractivity contribution in [2.24, 2.45) is 5.92 Å². The molecule has 0 unspecified atom stereocenters. The van der Waals surface area contributed by atoms with E-state index in [9.17, 15) is 14.0 Å². The summed E-state index contributed by atoms with van der Waals surface area (Å²) in [6.07, 6.45) is 2.03. The van der Waals surface area contributed by atoms with Crippen LogP contribution in [0.1, 0.15) is 69.7 Å². The molecule has 0 radical (unpaired) electrons. The fourth-order valence-electron chi connectivity index (χ4n) is 4.25. The monoisotopic (exact) mass is 454 g/mol. The summed E-state index contributed by atoms with van der Waals surface area (Å²) in [4.78, 5) is 27.5. The minimum Gasteiger partial charge on any atom is -0.481 e. The summed E-state index contributed by atoms with van der Waals surface area (Å²) in [5.41, 5.74) is 2.96. The SMILES string of the molecule is CCCNC(=O)[C@@H](CC)Oc1ccc2c(c1)[C@H](c1ccc(F)cc1)N(C(=O)CC(C)C)CC2. The number of carbonyl (C=O) groups is 2. The Balaban J connectivity index is 1.96. The zero-order valence-corrected chi connectivity index (χ0v) is 20.1. The highest BCUT2D eigenvalue weighted by Gasteiger charge is 2.33. The lowest BCUT2D eigenvalue weighted by atomic mass is 9.87. The molecule has 178 valence electrons. The van der Waals surface area contributed by atoms with Gasteiger partial charge in [0.15, 0.2) is 6.10 Å². The molecule has 2 aromatic carbocycles. The molecule has 0 fully saturated rings. The first-order valence-electron chi connectivity index (χ1n) is 12.0. The third-order valence-electron chi connectivity index (χ3n) is 5.93. The summed E-state index contributed by atoms with van der Waals surface area (Å²) in [5, 5.41) is 2.89. The highest BCUT2D eigenvalue weighted by atomic mass is 19.1. The molecule has 0 saturated carbocycles. The molecule has 5 nitrogen and oxygen atoms in total. The summed E-state index contributed by atoms with van der Waals surface area (Å²) in [6, 6.07) is 11.9. The van der Waals surface area contributed by atoms with Gasteiger partial charge in [0, 0.05) is 19.5 Å². The lowest BCUT2D eigenvalue weighted by Gasteiger charge is -2.38. The van der Waals surface area contributed by atoms with Crippen molar-refractivity contribution in [2.45, 2.75) is 65.5 Å². The molecule has 2 aromatic rings. The van der Waals surface area contributed by atoms with Crippen LogP contribution in [0.5, 0.6) is 5.75 Å². The van der Waals surface area contributed by atoms with Gasteiger partial charge in [-0.1, -0.05) is 45.9 Å². The second kappa shape index (κ2) is 11.3. The molecule has 1 aliphatic heterocycles. The zero-order valence-electron chi connectivity index (χ0n) is 20.1. The standard InChI is InChI=1S/C27H35FN2O3/c1-5-14-29-27(32)24(6-2)33-22-12-9-19-13-15-30(25(31)16-18(3)4)26(23(19)17-22)20-7-10-21(28)11-8-20/h7-12,17-18,24,26H,5-6,13-16H2,1-4H3,(H,29,32)/t24-,26+/m1/s1. The summed E-state index contributed by atoms with van der Waals surface area (Å²) < 4.78 is 19.7. The molecule has 2 atom stereocenters. The molecule has 0 aromatic heterocycles. The Morgan fingerprint density at radius 1 is 1.15 bits per heavy atom. The van der Waals surface area contributed by atoms with Gasteiger partial charge in [0.25, 0.3) is 5.91 Å². The van der Waals surface area contributed by atoms with Crippen LogP contribution in [0.25, 0.3) is 0 Å². The number of carbonyl (C=O) groups excluding carboxylic acids is 2. The number of hydrogen-bond donors (Lipinski definition) is 1. The minimum absolute atomic E-state index is 0.0849. The Morgan fingerprint density at radius 3 is 2.52 bits per heavy atom. The summed E-state index contributed by atoms with van der Waals surface area (Å²) in [7, 11) is 0. The molecule has 0 aliphatic carbocycles. The van der Waals surface area contributed by atoms with Crippen LogP contribution >= 0.6 is 0 Å². The van der Waals surface area contributed by atoms with Crippen molar-refractivity contribution < 1.29 is 18.7 Å². The van der Waals surface area contributed by atoms with Crippen molar-refractivity contribution in [2.75, 3.05) is 13.1 Å². The number of ether oxygens (including phenoxy) is 1. The normalized spacial score (nSPS) is 16.3. The van der Waals surface area contributed by atoms with E-state index in [-0.39, 0.29) is 29.6 Å². The predicted molar refractivity (Wildman–Crippen MR) is 128 cm³/mol. The average Bonchev–Trinajstić information content (AvgIpc) is 2.80. The maximum Gasteiger partial charge on any atom is 0.261 e. The first-order chi connectivity index (χ1) is 15.8. The van der Waals surface area contributed by atoms with E-state index in [4.69, 9.17) is 4.74 Å². The first kappa shape index (κ1) is 24.7. The van der Waals surface area contributed by atoms with E-state index in [0.717, 1.165) is 29.5 Å². The fourth-order valence-corrected chi connectivity index (χ4v) is 4.25. The van der Waals surface area contributed by atoms with Gasteiger partial charge in [-0.15, -0.1) is 0 Å². The molecule has 3 rings (SSSR count). The molecule has 0 saturated heterocycles. The molecule has 1 aliphatic rings. The van der Waals surface area contributed by atoms with Gasteiger partial charge in [-0.2, -0.15) is 0 Å². The van der Waals surface area contributed by atoms with E-state index < -0.39 is 6.10 Å². The Hall–Kier alpha value is -2.89. The van der Waals surface area contributed by atoms with Crippen LogP contribution < -0.4 is 10.1 Å². The van der Waals surface area contributed by atoms with E-state index in [0.29, 0.717) is 31.7 Å². The predicted octanol–water partition coefficient (Wildman–Crippen LogP) is 5.03. The number of amides is 2. The zero-order chi connectivity index (χ0) is 24.0. The van der Waals surface area contributed by atoms with E-state index in [2.05, 4.69) is 5.32 Å². The quantitative estimate of drug-likeness (QED) is 0.578. The van der Waals surface area contributed by atoms with E-state index in [1.807, 2.05) is 50.8 Å². The number of nitrogens with zero attached hydrogens (tertiary/aromatic N) is 1. The van der Waals surface area contributed by atoms with E-state index in [1.165, 1.54) is 12.1 Å². The topological polar surface area (TPSA) is 58.6 Å². The number of halogens is 1. The molecule has 2 amide bonds.